The van der Waals surface area contributed by atoms with Crippen molar-refractivity contribution in [1.82, 2.24) is 20.0 Å². The Morgan fingerprint density at radius 2 is 2.31 bits per heavy atom. The maximum absolute atomic E-state index is 12.0. The number of nitrogens with one attached hydrogen (secondary N) is 1. The molecule has 0 aromatic carbocycles. The van der Waals surface area contributed by atoms with Gasteiger partial charge in [0.05, 0.1) is 12.4 Å². The second-order valence-corrected chi connectivity index (χ2v) is 3.99. The second-order valence-electron chi connectivity index (χ2n) is 3.99. The number of carbonyl (C=O) groups is 1. The molecule has 0 bridgehead atoms. The van der Waals surface area contributed by atoms with Crippen LogP contribution in [-0.2, 0) is 0 Å². The smallest absolute Gasteiger partial charge is 0.321 e. The standard InChI is InChI=1S/C10H17N5O/c1-2-14(9-5-3-4-6-9)10(16)12-15-8-7-11-13-15/h7-9H,2-6H2,1H3,(H,12,16). The van der Waals surface area contributed by atoms with E-state index in [-0.39, 0.29) is 6.03 Å². The molecular weight excluding hydrogens is 206 g/mol. The van der Waals surface area contributed by atoms with Crippen LogP contribution in [0.25, 0.3) is 0 Å². The van der Waals surface area contributed by atoms with Crippen LogP contribution in [-0.4, -0.2) is 38.6 Å². The van der Waals surface area contributed by atoms with E-state index < -0.39 is 0 Å². The summed E-state index contributed by atoms with van der Waals surface area (Å²) in [7, 11) is 0. The lowest BCUT2D eigenvalue weighted by Crippen LogP contribution is -2.44. The normalized spacial score (nSPS) is 16.3. The summed E-state index contributed by atoms with van der Waals surface area (Å²) in [6, 6.07) is 0.286. The van der Waals surface area contributed by atoms with Crippen molar-refractivity contribution in [3.63, 3.8) is 0 Å². The molecule has 0 radical (unpaired) electrons. The number of aromatic nitrogens is 3. The lowest BCUT2D eigenvalue weighted by molar-refractivity contribution is 0.189. The van der Waals surface area contributed by atoms with E-state index in [1.165, 1.54) is 23.8 Å². The Bertz CT molecular complexity index is 331. The largest absolute Gasteiger partial charge is 0.338 e. The molecule has 1 heterocycles. The van der Waals surface area contributed by atoms with Gasteiger partial charge in [-0.05, 0) is 25.0 Å². The van der Waals surface area contributed by atoms with E-state index in [0.29, 0.717) is 6.04 Å². The summed E-state index contributed by atoms with van der Waals surface area (Å²) in [6.45, 7) is 2.73. The second kappa shape index (κ2) is 4.96. The number of amides is 2. The SMILES string of the molecule is CCN(C(=O)Nn1ccnn1)C1CCCC1. The first kappa shape index (κ1) is 10.9. The highest BCUT2D eigenvalue weighted by Crippen LogP contribution is 2.23. The summed E-state index contributed by atoms with van der Waals surface area (Å²) in [4.78, 5) is 15.2. The zero-order chi connectivity index (χ0) is 11.4. The van der Waals surface area contributed by atoms with Crippen LogP contribution in [0.2, 0.25) is 0 Å². The third kappa shape index (κ3) is 2.32. The molecule has 6 nitrogen and oxygen atoms in total. The first-order valence-corrected chi connectivity index (χ1v) is 5.75. The molecular formula is C10H17N5O. The van der Waals surface area contributed by atoms with Gasteiger partial charge in [0.2, 0.25) is 0 Å². The van der Waals surface area contributed by atoms with Gasteiger partial charge in [0.25, 0.3) is 0 Å². The molecule has 88 valence electrons. The summed E-state index contributed by atoms with van der Waals surface area (Å²) < 4.78 is 0. The van der Waals surface area contributed by atoms with Crippen molar-refractivity contribution < 1.29 is 4.79 Å². The van der Waals surface area contributed by atoms with Gasteiger partial charge in [-0.2, -0.15) is 4.79 Å². The van der Waals surface area contributed by atoms with Gasteiger partial charge in [-0.25, -0.2) is 10.2 Å². The topological polar surface area (TPSA) is 63.1 Å². The predicted molar refractivity (Wildman–Crippen MR) is 59.4 cm³/mol. The van der Waals surface area contributed by atoms with E-state index in [1.54, 1.807) is 6.20 Å². The van der Waals surface area contributed by atoms with Crippen molar-refractivity contribution in [2.75, 3.05) is 12.0 Å². The van der Waals surface area contributed by atoms with Gasteiger partial charge < -0.3 is 4.90 Å². The van der Waals surface area contributed by atoms with Crippen LogP contribution in [0.5, 0.6) is 0 Å². The van der Waals surface area contributed by atoms with Gasteiger partial charge >= 0.3 is 6.03 Å². The molecule has 1 saturated carbocycles. The summed E-state index contributed by atoms with van der Waals surface area (Å²) in [6.07, 6.45) is 7.80. The maximum Gasteiger partial charge on any atom is 0.338 e. The zero-order valence-corrected chi connectivity index (χ0v) is 9.46. The van der Waals surface area contributed by atoms with Crippen LogP contribution in [0, 0.1) is 0 Å². The highest BCUT2D eigenvalue weighted by molar-refractivity contribution is 5.82. The maximum atomic E-state index is 12.0. The molecule has 0 spiro atoms. The fourth-order valence-electron chi connectivity index (χ4n) is 2.21. The number of rotatable bonds is 3. The average Bonchev–Trinajstić information content (AvgIpc) is 2.91. The number of hydrogen-bond acceptors (Lipinski definition) is 3. The van der Waals surface area contributed by atoms with Gasteiger partial charge in [0.1, 0.15) is 0 Å². The first-order valence-electron chi connectivity index (χ1n) is 5.75. The monoisotopic (exact) mass is 223 g/mol. The fourth-order valence-corrected chi connectivity index (χ4v) is 2.21. The molecule has 1 aliphatic rings. The minimum Gasteiger partial charge on any atom is -0.321 e. The minimum absolute atomic E-state index is 0.0973. The van der Waals surface area contributed by atoms with E-state index in [1.807, 2.05) is 11.8 Å². The van der Waals surface area contributed by atoms with Gasteiger partial charge in [-0.15, -0.1) is 5.10 Å². The number of carbonyl (C=O) groups excluding carboxylic acids is 1. The summed E-state index contributed by atoms with van der Waals surface area (Å²) in [5, 5.41) is 7.35. The molecule has 1 aromatic heterocycles. The fraction of sp³-hybridized carbons (Fsp3) is 0.700. The Morgan fingerprint density at radius 3 is 2.88 bits per heavy atom. The molecule has 0 saturated heterocycles. The van der Waals surface area contributed by atoms with E-state index in [4.69, 9.17) is 0 Å². The molecule has 1 aliphatic carbocycles. The van der Waals surface area contributed by atoms with Crippen LogP contribution >= 0.6 is 0 Å². The van der Waals surface area contributed by atoms with Crippen molar-refractivity contribution in [3.05, 3.63) is 12.4 Å². The third-order valence-electron chi connectivity index (χ3n) is 3.00. The molecule has 2 rings (SSSR count). The Morgan fingerprint density at radius 1 is 1.56 bits per heavy atom. The molecule has 2 amide bonds. The van der Waals surface area contributed by atoms with Gasteiger partial charge in [-0.1, -0.05) is 12.8 Å². The van der Waals surface area contributed by atoms with E-state index in [2.05, 4.69) is 15.7 Å². The lowest BCUT2D eigenvalue weighted by atomic mass is 10.2. The van der Waals surface area contributed by atoms with Crippen LogP contribution in [0.4, 0.5) is 4.79 Å². The number of nitrogens with zero attached hydrogens (tertiary/aromatic N) is 4. The van der Waals surface area contributed by atoms with E-state index in [9.17, 15) is 4.79 Å². The number of hydrogen-bond donors (Lipinski definition) is 1. The van der Waals surface area contributed by atoms with Crippen molar-refractivity contribution in [2.24, 2.45) is 0 Å². The van der Waals surface area contributed by atoms with Crippen LogP contribution in [0.3, 0.4) is 0 Å². The van der Waals surface area contributed by atoms with Crippen LogP contribution < -0.4 is 5.43 Å². The minimum atomic E-state index is -0.0973. The van der Waals surface area contributed by atoms with Crippen molar-refractivity contribution >= 4 is 6.03 Å². The molecule has 0 aliphatic heterocycles. The third-order valence-corrected chi connectivity index (χ3v) is 3.00. The highest BCUT2D eigenvalue weighted by Gasteiger charge is 2.25. The Kier molecular flexibility index (Phi) is 3.38. The Hall–Kier alpha value is -1.59. The molecule has 0 atom stereocenters. The predicted octanol–water partition coefficient (Wildman–Crippen LogP) is 1.21. The van der Waals surface area contributed by atoms with E-state index in [0.717, 1.165) is 19.4 Å². The first-order chi connectivity index (χ1) is 7.81. The van der Waals surface area contributed by atoms with Gasteiger partial charge in [0.15, 0.2) is 0 Å². The highest BCUT2D eigenvalue weighted by atomic mass is 16.2. The summed E-state index contributed by atoms with van der Waals surface area (Å²) in [5.74, 6) is 0. The van der Waals surface area contributed by atoms with Crippen LogP contribution in [0.1, 0.15) is 32.6 Å². The summed E-state index contributed by atoms with van der Waals surface area (Å²) in [5.41, 5.74) is 2.68. The molecule has 1 aromatic rings. The molecule has 1 fully saturated rings. The molecule has 16 heavy (non-hydrogen) atoms. The lowest BCUT2D eigenvalue weighted by Gasteiger charge is -2.27. The zero-order valence-electron chi connectivity index (χ0n) is 9.46. The summed E-state index contributed by atoms with van der Waals surface area (Å²) >= 11 is 0. The van der Waals surface area contributed by atoms with Crippen molar-refractivity contribution in [1.29, 1.82) is 0 Å². The van der Waals surface area contributed by atoms with Gasteiger partial charge in [-0.3, -0.25) is 0 Å². The number of urea groups is 1. The van der Waals surface area contributed by atoms with Crippen LogP contribution in [0.15, 0.2) is 12.4 Å². The van der Waals surface area contributed by atoms with E-state index >= 15 is 0 Å². The quantitative estimate of drug-likeness (QED) is 0.837. The molecule has 1 N–H and O–H groups in total. The Balaban J connectivity index is 1.95. The molecule has 6 heteroatoms. The molecule has 0 unspecified atom stereocenters. The Labute approximate surface area is 94.6 Å². The average molecular weight is 223 g/mol. The van der Waals surface area contributed by atoms with Gasteiger partial charge in [0, 0.05) is 12.6 Å². The van der Waals surface area contributed by atoms with Crippen molar-refractivity contribution in [3.8, 4) is 0 Å². The van der Waals surface area contributed by atoms with Crippen molar-refractivity contribution in [2.45, 2.75) is 38.6 Å².